The van der Waals surface area contributed by atoms with Crippen molar-refractivity contribution >= 4 is 0 Å². The summed E-state index contributed by atoms with van der Waals surface area (Å²) >= 11 is 0. The summed E-state index contributed by atoms with van der Waals surface area (Å²) in [6.07, 6.45) is -4.57. The highest BCUT2D eigenvalue weighted by Crippen LogP contribution is 2.24. The first-order valence-corrected chi connectivity index (χ1v) is 2.12. The summed E-state index contributed by atoms with van der Waals surface area (Å²) in [6, 6.07) is 0. The normalized spacial score (nSPS) is 11.9. The van der Waals surface area contributed by atoms with E-state index in [2.05, 4.69) is 15.4 Å². The molecule has 56 valence electrons. The van der Waals surface area contributed by atoms with Crippen molar-refractivity contribution in [2.24, 2.45) is 0 Å². The average Bonchev–Trinajstić information content (AvgIpc) is 2.11. The number of nitrogens with zero attached hydrogens (tertiary/aromatic N) is 4. The van der Waals surface area contributed by atoms with E-state index in [4.69, 9.17) is 5.84 Å². The zero-order valence-corrected chi connectivity index (χ0v) is 4.50. The smallest absolute Gasteiger partial charge is 0.304 e. The van der Waals surface area contributed by atoms with Crippen molar-refractivity contribution in [3.8, 4) is 0 Å². The zero-order chi connectivity index (χ0) is 7.78. The molecule has 1 rings (SSSR count). The van der Waals surface area contributed by atoms with Crippen molar-refractivity contribution in [3.63, 3.8) is 0 Å². The van der Waals surface area contributed by atoms with Crippen LogP contribution in [0.2, 0.25) is 0 Å². The molecule has 8 heteroatoms. The molecular weight excluding hydrogens is 151 g/mol. The molecule has 0 bridgehead atoms. The number of halogens is 3. The Morgan fingerprint density at radius 2 is 2.00 bits per heavy atom. The van der Waals surface area contributed by atoms with Crippen LogP contribution in [0.4, 0.5) is 13.2 Å². The summed E-state index contributed by atoms with van der Waals surface area (Å²) < 4.78 is 34.7. The summed E-state index contributed by atoms with van der Waals surface area (Å²) in [6.45, 7) is 0. The maximum atomic E-state index is 11.6. The lowest BCUT2D eigenvalue weighted by molar-refractivity contribution is -0.145. The van der Waals surface area contributed by atoms with Gasteiger partial charge in [-0.3, -0.25) is 0 Å². The summed E-state index contributed by atoms with van der Waals surface area (Å²) in [5, 5.41) is 8.16. The van der Waals surface area contributed by atoms with Gasteiger partial charge in [-0.1, -0.05) is 4.91 Å². The van der Waals surface area contributed by atoms with Gasteiger partial charge in [-0.25, -0.2) is 0 Å². The van der Waals surface area contributed by atoms with Crippen molar-refractivity contribution in [2.75, 3.05) is 5.84 Å². The molecule has 0 aliphatic heterocycles. The number of hydrogen-bond donors (Lipinski definition) is 1. The molecule has 2 N–H and O–H groups in total. The third-order valence-corrected chi connectivity index (χ3v) is 0.682. The summed E-state index contributed by atoms with van der Waals surface area (Å²) in [4.78, 5) is 0.253. The monoisotopic (exact) mass is 153 g/mol. The fourth-order valence-corrected chi connectivity index (χ4v) is 0.339. The van der Waals surface area contributed by atoms with E-state index in [1.807, 2.05) is 0 Å². The standard InChI is InChI=1S/C2H2F3N5/c3-2(4,5)1-7-9-10(6)8-1/h6H2. The molecule has 0 unspecified atom stereocenters. The second kappa shape index (κ2) is 1.82. The SMILES string of the molecule is Nn1nnc(C(F)(F)F)n1. The second-order valence-corrected chi connectivity index (χ2v) is 1.43. The van der Waals surface area contributed by atoms with Crippen molar-refractivity contribution in [3.05, 3.63) is 5.82 Å². The van der Waals surface area contributed by atoms with Gasteiger partial charge in [0.25, 0.3) is 5.82 Å². The number of rotatable bonds is 0. The molecule has 0 atom stereocenters. The number of nitrogen functional groups attached to an aromatic ring is 1. The lowest BCUT2D eigenvalue weighted by Gasteiger charge is -1.95. The molecule has 0 amide bonds. The minimum Gasteiger partial charge on any atom is -0.304 e. The lowest BCUT2D eigenvalue weighted by Crippen LogP contribution is -2.14. The van der Waals surface area contributed by atoms with E-state index in [1.54, 1.807) is 0 Å². The van der Waals surface area contributed by atoms with Gasteiger partial charge in [0.1, 0.15) is 0 Å². The molecular formula is C2H2F3N5. The molecule has 0 radical (unpaired) electrons. The van der Waals surface area contributed by atoms with Gasteiger partial charge < -0.3 is 5.84 Å². The van der Waals surface area contributed by atoms with Crippen LogP contribution in [0.25, 0.3) is 0 Å². The first-order chi connectivity index (χ1) is 4.50. The molecule has 1 aromatic rings. The summed E-state index contributed by atoms with van der Waals surface area (Å²) in [5.41, 5.74) is 0. The highest BCUT2D eigenvalue weighted by atomic mass is 19.4. The van der Waals surface area contributed by atoms with Gasteiger partial charge in [-0.05, 0) is 5.21 Å². The third kappa shape index (κ3) is 1.14. The van der Waals surface area contributed by atoms with E-state index < -0.39 is 12.0 Å². The van der Waals surface area contributed by atoms with Crippen LogP contribution in [0.3, 0.4) is 0 Å². The van der Waals surface area contributed by atoms with Gasteiger partial charge in [0, 0.05) is 0 Å². The Kier molecular flexibility index (Phi) is 1.23. The second-order valence-electron chi connectivity index (χ2n) is 1.43. The van der Waals surface area contributed by atoms with E-state index >= 15 is 0 Å². The first kappa shape index (κ1) is 6.78. The van der Waals surface area contributed by atoms with E-state index in [1.165, 1.54) is 0 Å². The zero-order valence-electron chi connectivity index (χ0n) is 4.50. The number of alkyl halides is 3. The molecule has 10 heavy (non-hydrogen) atoms. The van der Waals surface area contributed by atoms with Crippen LogP contribution in [-0.2, 0) is 6.18 Å². The van der Waals surface area contributed by atoms with E-state index in [9.17, 15) is 13.2 Å². The number of aromatic nitrogens is 4. The Balaban J connectivity index is 2.96. The Hall–Kier alpha value is -1.34. The van der Waals surface area contributed by atoms with Gasteiger partial charge in [-0.2, -0.15) is 13.2 Å². The average molecular weight is 153 g/mol. The van der Waals surface area contributed by atoms with Gasteiger partial charge in [-0.15, -0.1) is 10.2 Å². The highest BCUT2D eigenvalue weighted by Gasteiger charge is 2.36. The largest absolute Gasteiger partial charge is 0.455 e. The summed E-state index contributed by atoms with van der Waals surface area (Å²) in [5.74, 6) is 3.37. The quantitative estimate of drug-likeness (QED) is 0.505. The minimum absolute atomic E-state index is 0.253. The molecule has 0 fully saturated rings. The third-order valence-electron chi connectivity index (χ3n) is 0.682. The van der Waals surface area contributed by atoms with Crippen LogP contribution in [0, 0.1) is 0 Å². The van der Waals surface area contributed by atoms with E-state index in [0.29, 0.717) is 0 Å². The van der Waals surface area contributed by atoms with Gasteiger partial charge in [0.15, 0.2) is 0 Å². The number of hydrogen-bond acceptors (Lipinski definition) is 4. The lowest BCUT2D eigenvalue weighted by atomic mass is 10.6. The molecule has 0 spiro atoms. The van der Waals surface area contributed by atoms with Crippen LogP contribution in [0.1, 0.15) is 5.82 Å². The van der Waals surface area contributed by atoms with E-state index in [0.717, 1.165) is 0 Å². The number of nitrogens with two attached hydrogens (primary N) is 1. The topological polar surface area (TPSA) is 69.6 Å². The van der Waals surface area contributed by atoms with Crippen molar-refractivity contribution < 1.29 is 13.2 Å². The molecule has 0 aliphatic rings. The van der Waals surface area contributed by atoms with Crippen LogP contribution in [0.5, 0.6) is 0 Å². The minimum atomic E-state index is -4.57. The molecule has 5 nitrogen and oxygen atoms in total. The fraction of sp³-hybridized carbons (Fsp3) is 0.500. The highest BCUT2D eigenvalue weighted by molar-refractivity contribution is 4.82. The molecule has 0 aliphatic carbocycles. The predicted molar refractivity (Wildman–Crippen MR) is 23.0 cm³/mol. The molecule has 0 saturated heterocycles. The van der Waals surface area contributed by atoms with Crippen molar-refractivity contribution in [2.45, 2.75) is 6.18 Å². The van der Waals surface area contributed by atoms with Crippen LogP contribution >= 0.6 is 0 Å². The molecule has 1 heterocycles. The predicted octanol–water partition coefficient (Wildman–Crippen LogP) is -0.594. The number of tetrazole rings is 1. The maximum absolute atomic E-state index is 11.6. The van der Waals surface area contributed by atoms with Crippen molar-refractivity contribution in [1.29, 1.82) is 0 Å². The van der Waals surface area contributed by atoms with Crippen LogP contribution < -0.4 is 5.84 Å². The molecule has 0 saturated carbocycles. The molecule has 1 aromatic heterocycles. The Bertz CT molecular complexity index is 225. The Labute approximate surface area is 52.6 Å². The van der Waals surface area contributed by atoms with Gasteiger partial charge in [0.2, 0.25) is 0 Å². The van der Waals surface area contributed by atoms with Crippen molar-refractivity contribution in [1.82, 2.24) is 20.3 Å². The van der Waals surface area contributed by atoms with Gasteiger partial charge >= 0.3 is 6.18 Å². The first-order valence-electron chi connectivity index (χ1n) is 2.12. The Morgan fingerprint density at radius 3 is 2.20 bits per heavy atom. The van der Waals surface area contributed by atoms with Gasteiger partial charge in [0.05, 0.1) is 0 Å². The van der Waals surface area contributed by atoms with Crippen LogP contribution in [0.15, 0.2) is 0 Å². The molecule has 0 aromatic carbocycles. The maximum Gasteiger partial charge on any atom is 0.455 e. The Morgan fingerprint density at radius 1 is 1.40 bits per heavy atom. The summed E-state index contributed by atoms with van der Waals surface area (Å²) in [7, 11) is 0. The fourth-order valence-electron chi connectivity index (χ4n) is 0.339. The van der Waals surface area contributed by atoms with E-state index in [-0.39, 0.29) is 4.91 Å². The van der Waals surface area contributed by atoms with Crippen LogP contribution in [-0.4, -0.2) is 20.3 Å².